The minimum atomic E-state index is -0.320. The molecule has 0 unspecified atom stereocenters. The van der Waals surface area contributed by atoms with Gasteiger partial charge in [0.2, 0.25) is 5.95 Å². The summed E-state index contributed by atoms with van der Waals surface area (Å²) in [5.74, 6) is 0.779. The number of nitrogens with zero attached hydrogens (tertiary/aromatic N) is 3. The van der Waals surface area contributed by atoms with E-state index in [1.165, 1.54) is 18.9 Å². The van der Waals surface area contributed by atoms with E-state index in [9.17, 15) is 4.39 Å². The van der Waals surface area contributed by atoms with Crippen molar-refractivity contribution in [3.05, 3.63) is 60.7 Å². The number of halogens is 1. The summed E-state index contributed by atoms with van der Waals surface area (Å²) in [5, 5.41) is 6.48. The van der Waals surface area contributed by atoms with Crippen LogP contribution in [0.25, 0.3) is 11.3 Å². The molecule has 4 rings (SSSR count). The Labute approximate surface area is 151 Å². The monoisotopic (exact) mass is 349 g/mol. The second kappa shape index (κ2) is 7.47. The van der Waals surface area contributed by atoms with Crippen molar-refractivity contribution in [1.82, 2.24) is 15.0 Å². The van der Waals surface area contributed by atoms with E-state index in [0.29, 0.717) is 23.5 Å². The molecule has 26 heavy (non-hydrogen) atoms. The number of rotatable bonds is 5. The van der Waals surface area contributed by atoms with Crippen molar-refractivity contribution in [3.8, 4) is 11.3 Å². The lowest BCUT2D eigenvalue weighted by Gasteiger charge is -2.15. The van der Waals surface area contributed by atoms with Crippen LogP contribution in [0.2, 0.25) is 0 Å². The van der Waals surface area contributed by atoms with E-state index in [4.69, 9.17) is 0 Å². The SMILES string of the molecule is Fc1ccccc1Nc1cc(-c2cccnc2)nc(NC2CCCC2)n1. The van der Waals surface area contributed by atoms with Gasteiger partial charge in [-0.3, -0.25) is 4.98 Å². The Kier molecular flexibility index (Phi) is 4.73. The lowest BCUT2D eigenvalue weighted by molar-refractivity contribution is 0.632. The van der Waals surface area contributed by atoms with Crippen LogP contribution >= 0.6 is 0 Å². The van der Waals surface area contributed by atoms with Crippen LogP contribution in [-0.4, -0.2) is 21.0 Å². The summed E-state index contributed by atoms with van der Waals surface area (Å²) in [6.45, 7) is 0. The van der Waals surface area contributed by atoms with Crippen LogP contribution in [0.1, 0.15) is 25.7 Å². The van der Waals surface area contributed by atoms with Gasteiger partial charge in [0, 0.05) is 30.1 Å². The summed E-state index contributed by atoms with van der Waals surface area (Å²) in [7, 11) is 0. The molecule has 0 bridgehead atoms. The van der Waals surface area contributed by atoms with E-state index in [0.717, 1.165) is 24.1 Å². The smallest absolute Gasteiger partial charge is 0.225 e. The second-order valence-electron chi connectivity index (χ2n) is 6.43. The van der Waals surface area contributed by atoms with Crippen molar-refractivity contribution >= 4 is 17.5 Å². The number of hydrogen-bond acceptors (Lipinski definition) is 5. The lowest BCUT2D eigenvalue weighted by Crippen LogP contribution is -2.17. The van der Waals surface area contributed by atoms with Crippen LogP contribution in [0, 0.1) is 5.82 Å². The van der Waals surface area contributed by atoms with Gasteiger partial charge in [0.15, 0.2) is 0 Å². The standard InChI is InChI=1S/C20H20FN5/c21-16-9-3-4-10-17(16)24-19-12-18(14-6-5-11-22-13-14)25-20(26-19)23-15-7-1-2-8-15/h3-6,9-13,15H,1-2,7-8H2,(H2,23,24,25,26). The van der Waals surface area contributed by atoms with E-state index in [1.54, 1.807) is 30.6 Å². The first-order valence-corrected chi connectivity index (χ1v) is 8.85. The maximum Gasteiger partial charge on any atom is 0.225 e. The Hall–Kier alpha value is -3.02. The molecule has 0 radical (unpaired) electrons. The molecule has 0 atom stereocenters. The predicted octanol–water partition coefficient (Wildman–Crippen LogP) is 4.78. The fourth-order valence-corrected chi connectivity index (χ4v) is 3.19. The molecule has 2 heterocycles. The number of aromatic nitrogens is 3. The zero-order valence-corrected chi connectivity index (χ0v) is 14.3. The highest BCUT2D eigenvalue weighted by Crippen LogP contribution is 2.26. The van der Waals surface area contributed by atoms with Crippen LogP contribution in [0.3, 0.4) is 0 Å². The first-order chi connectivity index (χ1) is 12.8. The first-order valence-electron chi connectivity index (χ1n) is 8.85. The predicted molar refractivity (Wildman–Crippen MR) is 101 cm³/mol. The molecule has 1 saturated carbocycles. The molecule has 0 aliphatic heterocycles. The van der Waals surface area contributed by atoms with E-state index in [-0.39, 0.29) is 5.82 Å². The van der Waals surface area contributed by atoms with Crippen LogP contribution < -0.4 is 10.6 Å². The third-order valence-electron chi connectivity index (χ3n) is 4.51. The fourth-order valence-electron chi connectivity index (χ4n) is 3.19. The zero-order chi connectivity index (χ0) is 17.8. The van der Waals surface area contributed by atoms with E-state index >= 15 is 0 Å². The van der Waals surface area contributed by atoms with Crippen molar-refractivity contribution in [1.29, 1.82) is 0 Å². The highest BCUT2D eigenvalue weighted by Gasteiger charge is 2.17. The molecule has 132 valence electrons. The van der Waals surface area contributed by atoms with Gasteiger partial charge in [-0.2, -0.15) is 4.98 Å². The molecular formula is C20H20FN5. The third kappa shape index (κ3) is 3.79. The van der Waals surface area contributed by atoms with Crippen LogP contribution in [0.4, 0.5) is 21.8 Å². The molecule has 2 aromatic heterocycles. The van der Waals surface area contributed by atoms with Crippen molar-refractivity contribution in [2.75, 3.05) is 10.6 Å². The normalized spacial score (nSPS) is 14.3. The maximum absolute atomic E-state index is 14.0. The molecule has 1 aliphatic rings. The number of anilines is 3. The van der Waals surface area contributed by atoms with E-state index in [2.05, 4.69) is 25.6 Å². The molecule has 1 aromatic carbocycles. The minimum Gasteiger partial charge on any atom is -0.351 e. The van der Waals surface area contributed by atoms with Crippen molar-refractivity contribution in [2.24, 2.45) is 0 Å². The Balaban J connectivity index is 1.68. The minimum absolute atomic E-state index is 0.320. The molecule has 2 N–H and O–H groups in total. The summed E-state index contributed by atoms with van der Waals surface area (Å²) in [4.78, 5) is 13.3. The van der Waals surface area contributed by atoms with Gasteiger partial charge in [-0.25, -0.2) is 9.37 Å². The third-order valence-corrected chi connectivity index (χ3v) is 4.51. The molecule has 0 amide bonds. The summed E-state index contributed by atoms with van der Waals surface area (Å²) >= 11 is 0. The highest BCUT2D eigenvalue weighted by atomic mass is 19.1. The molecule has 1 fully saturated rings. The molecular weight excluding hydrogens is 329 g/mol. The van der Waals surface area contributed by atoms with Crippen molar-refractivity contribution in [3.63, 3.8) is 0 Å². The summed E-state index contributed by atoms with van der Waals surface area (Å²) < 4.78 is 14.0. The zero-order valence-electron chi connectivity index (χ0n) is 14.3. The molecule has 6 heteroatoms. The van der Waals surface area contributed by atoms with Crippen molar-refractivity contribution in [2.45, 2.75) is 31.7 Å². The van der Waals surface area contributed by atoms with E-state index < -0.39 is 0 Å². The highest BCUT2D eigenvalue weighted by molar-refractivity contribution is 5.67. The lowest BCUT2D eigenvalue weighted by atomic mass is 10.2. The van der Waals surface area contributed by atoms with Gasteiger partial charge in [-0.1, -0.05) is 25.0 Å². The Morgan fingerprint density at radius 3 is 2.62 bits per heavy atom. The summed E-state index contributed by atoms with van der Waals surface area (Å²) in [5.41, 5.74) is 2.02. The molecule has 5 nitrogen and oxygen atoms in total. The largest absolute Gasteiger partial charge is 0.351 e. The van der Waals surface area contributed by atoms with Crippen LogP contribution in [-0.2, 0) is 0 Å². The quantitative estimate of drug-likeness (QED) is 0.694. The molecule has 1 aliphatic carbocycles. The number of benzene rings is 1. The first kappa shape index (κ1) is 16.4. The Morgan fingerprint density at radius 1 is 1.00 bits per heavy atom. The van der Waals surface area contributed by atoms with Gasteiger partial charge in [0.25, 0.3) is 0 Å². The topological polar surface area (TPSA) is 62.7 Å². The number of nitrogens with one attached hydrogen (secondary N) is 2. The van der Waals surface area contributed by atoms with Gasteiger partial charge >= 0.3 is 0 Å². The van der Waals surface area contributed by atoms with Gasteiger partial charge in [-0.15, -0.1) is 0 Å². The van der Waals surface area contributed by atoms with E-state index in [1.807, 2.05) is 18.2 Å². The van der Waals surface area contributed by atoms with Gasteiger partial charge in [-0.05, 0) is 37.1 Å². The summed E-state index contributed by atoms with van der Waals surface area (Å²) in [6, 6.07) is 12.6. The molecule has 3 aromatic rings. The Morgan fingerprint density at radius 2 is 1.85 bits per heavy atom. The fraction of sp³-hybridized carbons (Fsp3) is 0.250. The summed E-state index contributed by atoms with van der Waals surface area (Å²) in [6.07, 6.45) is 8.17. The van der Waals surface area contributed by atoms with Gasteiger partial charge in [0.1, 0.15) is 11.6 Å². The Bertz CT molecular complexity index is 878. The van der Waals surface area contributed by atoms with Crippen LogP contribution in [0.15, 0.2) is 54.9 Å². The average Bonchev–Trinajstić information content (AvgIpc) is 3.17. The number of hydrogen-bond donors (Lipinski definition) is 2. The van der Waals surface area contributed by atoms with Gasteiger partial charge in [0.05, 0.1) is 11.4 Å². The number of para-hydroxylation sites is 1. The van der Waals surface area contributed by atoms with Crippen LogP contribution in [0.5, 0.6) is 0 Å². The molecule has 0 spiro atoms. The van der Waals surface area contributed by atoms with Gasteiger partial charge < -0.3 is 10.6 Å². The average molecular weight is 349 g/mol. The second-order valence-corrected chi connectivity index (χ2v) is 6.43. The van der Waals surface area contributed by atoms with Crippen molar-refractivity contribution < 1.29 is 4.39 Å². The number of pyridine rings is 1. The maximum atomic E-state index is 14.0. The molecule has 0 saturated heterocycles.